The van der Waals surface area contributed by atoms with Crippen LogP contribution in [-0.2, 0) is 17.9 Å². The molecule has 1 saturated carbocycles. The molecule has 1 aliphatic heterocycles. The lowest BCUT2D eigenvalue weighted by molar-refractivity contribution is -0.128. The summed E-state index contributed by atoms with van der Waals surface area (Å²) >= 11 is 0. The second-order valence-electron chi connectivity index (χ2n) is 7.61. The molecule has 2 aromatic rings. The van der Waals surface area contributed by atoms with E-state index in [2.05, 4.69) is 15.6 Å². The van der Waals surface area contributed by atoms with E-state index < -0.39 is 0 Å². The predicted molar refractivity (Wildman–Crippen MR) is 99.7 cm³/mol. The molecular formula is C20H25N5O2. The molecule has 1 N–H and O–H groups in total. The Hall–Kier alpha value is -2.70. The van der Waals surface area contributed by atoms with Gasteiger partial charge in [0.25, 0.3) is 5.91 Å². The average molecular weight is 367 g/mol. The molecule has 2 amide bonds. The molecule has 1 atom stereocenters. The summed E-state index contributed by atoms with van der Waals surface area (Å²) < 4.78 is 1.69. The summed E-state index contributed by atoms with van der Waals surface area (Å²) in [6.07, 6.45) is 6.63. The highest BCUT2D eigenvalue weighted by molar-refractivity contribution is 5.92. The lowest BCUT2D eigenvalue weighted by atomic mass is 10.1. The van der Waals surface area contributed by atoms with Gasteiger partial charge in [0.2, 0.25) is 5.91 Å². The van der Waals surface area contributed by atoms with Gasteiger partial charge in [0.05, 0.1) is 6.20 Å². The predicted octanol–water partition coefficient (Wildman–Crippen LogP) is 2.00. The second-order valence-corrected chi connectivity index (χ2v) is 7.61. The number of nitrogens with one attached hydrogen (secondary N) is 1. The van der Waals surface area contributed by atoms with E-state index in [1.807, 2.05) is 35.2 Å². The third kappa shape index (κ3) is 4.35. The van der Waals surface area contributed by atoms with Crippen LogP contribution in [-0.4, -0.2) is 44.3 Å². The van der Waals surface area contributed by atoms with E-state index in [0.717, 1.165) is 18.4 Å². The SMILES string of the molecule is O=C(NC1CCCC1)c1cn(CC2CC(=O)N(Cc3ccccc3)C2)nn1. The molecule has 2 aliphatic rings. The van der Waals surface area contributed by atoms with Crippen LogP contribution in [0.1, 0.15) is 48.2 Å². The minimum Gasteiger partial charge on any atom is -0.348 e. The van der Waals surface area contributed by atoms with Crippen molar-refractivity contribution in [3.8, 4) is 0 Å². The molecule has 1 unspecified atom stereocenters. The Morgan fingerprint density at radius 2 is 1.96 bits per heavy atom. The molecule has 4 rings (SSSR count). The maximum absolute atomic E-state index is 12.3. The van der Waals surface area contributed by atoms with Crippen molar-refractivity contribution in [2.24, 2.45) is 5.92 Å². The van der Waals surface area contributed by atoms with E-state index in [9.17, 15) is 9.59 Å². The summed E-state index contributed by atoms with van der Waals surface area (Å²) in [4.78, 5) is 26.5. The van der Waals surface area contributed by atoms with Crippen LogP contribution in [0.3, 0.4) is 0 Å². The summed E-state index contributed by atoms with van der Waals surface area (Å²) in [5.41, 5.74) is 1.49. The topological polar surface area (TPSA) is 80.1 Å². The molecule has 0 radical (unpaired) electrons. The Kier molecular flexibility index (Phi) is 5.18. The van der Waals surface area contributed by atoms with Crippen LogP contribution in [0, 0.1) is 5.92 Å². The maximum atomic E-state index is 12.3. The number of carbonyl (C=O) groups is 2. The van der Waals surface area contributed by atoms with Gasteiger partial charge in [-0.15, -0.1) is 5.10 Å². The van der Waals surface area contributed by atoms with Gasteiger partial charge in [-0.2, -0.15) is 0 Å². The van der Waals surface area contributed by atoms with Crippen molar-refractivity contribution in [1.29, 1.82) is 0 Å². The minimum atomic E-state index is -0.152. The second kappa shape index (κ2) is 7.90. The highest BCUT2D eigenvalue weighted by Gasteiger charge is 2.30. The fourth-order valence-corrected chi connectivity index (χ4v) is 4.02. The fraction of sp³-hybridized carbons (Fsp3) is 0.500. The summed E-state index contributed by atoms with van der Waals surface area (Å²) in [5.74, 6) is 0.207. The van der Waals surface area contributed by atoms with Crippen molar-refractivity contribution >= 4 is 11.8 Å². The first-order valence-corrected chi connectivity index (χ1v) is 9.70. The highest BCUT2D eigenvalue weighted by Crippen LogP contribution is 2.22. The molecule has 2 heterocycles. The van der Waals surface area contributed by atoms with Gasteiger partial charge in [0.15, 0.2) is 5.69 Å². The highest BCUT2D eigenvalue weighted by atomic mass is 16.2. The average Bonchev–Trinajstić information content (AvgIpc) is 3.39. The number of amides is 2. The third-order valence-corrected chi connectivity index (χ3v) is 5.42. The van der Waals surface area contributed by atoms with Crippen LogP contribution in [0.15, 0.2) is 36.5 Å². The van der Waals surface area contributed by atoms with E-state index in [1.54, 1.807) is 10.9 Å². The smallest absolute Gasteiger partial charge is 0.273 e. The van der Waals surface area contributed by atoms with Crippen molar-refractivity contribution in [2.75, 3.05) is 6.54 Å². The van der Waals surface area contributed by atoms with Crippen molar-refractivity contribution in [1.82, 2.24) is 25.2 Å². The number of rotatable bonds is 6. The molecule has 7 heteroatoms. The largest absolute Gasteiger partial charge is 0.348 e. The zero-order valence-corrected chi connectivity index (χ0v) is 15.4. The van der Waals surface area contributed by atoms with Gasteiger partial charge in [0, 0.05) is 38.0 Å². The molecule has 27 heavy (non-hydrogen) atoms. The summed E-state index contributed by atoms with van der Waals surface area (Å²) in [5, 5.41) is 11.1. The first-order chi connectivity index (χ1) is 13.2. The normalized spacial score (nSPS) is 20.4. The van der Waals surface area contributed by atoms with Crippen LogP contribution < -0.4 is 5.32 Å². The van der Waals surface area contributed by atoms with Gasteiger partial charge < -0.3 is 10.2 Å². The van der Waals surface area contributed by atoms with Gasteiger partial charge in [-0.25, -0.2) is 0 Å². The standard InChI is InChI=1S/C20H25N5O2/c26-19-10-16(12-24(19)11-15-6-2-1-3-7-15)13-25-14-18(22-23-25)20(27)21-17-8-4-5-9-17/h1-3,6-7,14,16-17H,4-5,8-13H2,(H,21,27). The Morgan fingerprint density at radius 3 is 2.74 bits per heavy atom. The molecule has 0 spiro atoms. The molecule has 142 valence electrons. The van der Waals surface area contributed by atoms with Crippen LogP contribution in [0.2, 0.25) is 0 Å². The van der Waals surface area contributed by atoms with Gasteiger partial charge in [0.1, 0.15) is 0 Å². The Bertz CT molecular complexity index is 798. The number of hydrogen-bond acceptors (Lipinski definition) is 4. The molecule has 1 aromatic carbocycles. The molecule has 0 bridgehead atoms. The van der Waals surface area contributed by atoms with Crippen molar-refractivity contribution in [2.45, 2.75) is 51.2 Å². The third-order valence-electron chi connectivity index (χ3n) is 5.42. The van der Waals surface area contributed by atoms with Gasteiger partial charge >= 0.3 is 0 Å². The molecule has 1 aliphatic carbocycles. The van der Waals surface area contributed by atoms with Gasteiger partial charge in [-0.3, -0.25) is 14.3 Å². The molecule has 7 nitrogen and oxygen atoms in total. The first kappa shape index (κ1) is 17.7. The van der Waals surface area contributed by atoms with Crippen molar-refractivity contribution in [3.63, 3.8) is 0 Å². The first-order valence-electron chi connectivity index (χ1n) is 9.70. The molecular weight excluding hydrogens is 342 g/mol. The number of aromatic nitrogens is 3. The monoisotopic (exact) mass is 367 g/mol. The van der Waals surface area contributed by atoms with Crippen molar-refractivity contribution < 1.29 is 9.59 Å². The molecule has 1 aromatic heterocycles. The Labute approximate surface area is 158 Å². The van der Waals surface area contributed by atoms with E-state index in [-0.39, 0.29) is 23.8 Å². The van der Waals surface area contributed by atoms with Crippen LogP contribution in [0.4, 0.5) is 0 Å². The van der Waals surface area contributed by atoms with Crippen LogP contribution in [0.25, 0.3) is 0 Å². The molecule has 2 fully saturated rings. The quantitative estimate of drug-likeness (QED) is 0.847. The number of benzene rings is 1. The van der Waals surface area contributed by atoms with Crippen LogP contribution in [0.5, 0.6) is 0 Å². The zero-order chi connectivity index (χ0) is 18.6. The number of nitrogens with zero attached hydrogens (tertiary/aromatic N) is 4. The summed E-state index contributed by atoms with van der Waals surface area (Å²) in [6.45, 7) is 1.94. The van der Waals surface area contributed by atoms with Gasteiger partial charge in [-0.1, -0.05) is 48.4 Å². The van der Waals surface area contributed by atoms with E-state index in [0.29, 0.717) is 31.7 Å². The van der Waals surface area contributed by atoms with E-state index in [1.165, 1.54) is 12.8 Å². The maximum Gasteiger partial charge on any atom is 0.273 e. The zero-order valence-electron chi connectivity index (χ0n) is 15.4. The minimum absolute atomic E-state index is 0.152. The van der Waals surface area contributed by atoms with Crippen molar-refractivity contribution in [3.05, 3.63) is 47.8 Å². The number of hydrogen-bond donors (Lipinski definition) is 1. The number of carbonyl (C=O) groups excluding carboxylic acids is 2. The lowest BCUT2D eigenvalue weighted by Crippen LogP contribution is -2.32. The van der Waals surface area contributed by atoms with E-state index >= 15 is 0 Å². The fourth-order valence-electron chi connectivity index (χ4n) is 4.02. The van der Waals surface area contributed by atoms with Crippen LogP contribution >= 0.6 is 0 Å². The summed E-state index contributed by atoms with van der Waals surface area (Å²) in [7, 11) is 0. The molecule has 1 saturated heterocycles. The lowest BCUT2D eigenvalue weighted by Gasteiger charge is -2.16. The van der Waals surface area contributed by atoms with E-state index in [4.69, 9.17) is 0 Å². The Balaban J connectivity index is 1.31. The summed E-state index contributed by atoms with van der Waals surface area (Å²) in [6, 6.07) is 10.3. The Morgan fingerprint density at radius 1 is 1.19 bits per heavy atom. The van der Waals surface area contributed by atoms with Gasteiger partial charge in [-0.05, 0) is 18.4 Å². The number of likely N-dealkylation sites (tertiary alicyclic amines) is 1.